The molecule has 1 N–H and O–H groups in total. The summed E-state index contributed by atoms with van der Waals surface area (Å²) in [6, 6.07) is 9.87. The lowest BCUT2D eigenvalue weighted by molar-refractivity contribution is -0.122. The van der Waals surface area contributed by atoms with Crippen LogP contribution in [-0.4, -0.2) is 54.6 Å². The summed E-state index contributed by atoms with van der Waals surface area (Å²) in [5, 5.41) is 2.95. The smallest absolute Gasteiger partial charge is 0.257 e. The summed E-state index contributed by atoms with van der Waals surface area (Å²) in [5.74, 6) is 0.778. The number of hydrogen-bond donors (Lipinski definition) is 1. The van der Waals surface area contributed by atoms with Crippen molar-refractivity contribution in [1.29, 1.82) is 0 Å². The molecule has 2 amide bonds. The molecule has 3 rings (SSSR count). The molecule has 8 heteroatoms. The van der Waals surface area contributed by atoms with E-state index in [0.717, 1.165) is 0 Å². The molecule has 0 atom stereocenters. The average Bonchev–Trinajstić information content (AvgIpc) is 2.75. The summed E-state index contributed by atoms with van der Waals surface area (Å²) in [5.41, 5.74) is 0.274. The molecular formula is C21H25N3O5. The van der Waals surface area contributed by atoms with Crippen LogP contribution >= 0.6 is 0 Å². The van der Waals surface area contributed by atoms with Crippen molar-refractivity contribution in [3.63, 3.8) is 0 Å². The molecule has 1 fully saturated rings. The van der Waals surface area contributed by atoms with Crippen LogP contribution in [0.3, 0.4) is 0 Å². The number of piperidine rings is 1. The number of carbonyl (C=O) groups excluding carboxylic acids is 2. The van der Waals surface area contributed by atoms with Gasteiger partial charge in [0.1, 0.15) is 18.0 Å². The van der Waals surface area contributed by atoms with Crippen LogP contribution in [0.2, 0.25) is 0 Å². The fourth-order valence-corrected chi connectivity index (χ4v) is 3.39. The Hall–Kier alpha value is -3.29. The highest BCUT2D eigenvalue weighted by molar-refractivity contribution is 5.97. The fourth-order valence-electron chi connectivity index (χ4n) is 3.39. The molecule has 0 bridgehead atoms. The quantitative estimate of drug-likeness (QED) is 0.791. The Morgan fingerprint density at radius 3 is 2.52 bits per heavy atom. The number of pyridine rings is 1. The van der Waals surface area contributed by atoms with Gasteiger partial charge in [0, 0.05) is 37.5 Å². The molecule has 0 spiro atoms. The molecule has 2 heterocycles. The standard InChI is InChI=1S/C21H25N3O5/c1-28-16-6-7-17(18(13-16)29-2)21(27)23-11-8-15(9-12-23)22-19(25)14-24-10-4-3-5-20(24)26/h3-7,10,13,15H,8-9,11-12,14H2,1-2H3,(H,22,25). The molecule has 1 saturated heterocycles. The summed E-state index contributed by atoms with van der Waals surface area (Å²) < 4.78 is 11.9. The third-order valence-electron chi connectivity index (χ3n) is 5.00. The van der Waals surface area contributed by atoms with E-state index < -0.39 is 0 Å². The molecule has 0 radical (unpaired) electrons. The van der Waals surface area contributed by atoms with Crippen molar-refractivity contribution in [2.75, 3.05) is 27.3 Å². The lowest BCUT2D eigenvalue weighted by atomic mass is 10.0. The van der Waals surface area contributed by atoms with Crippen molar-refractivity contribution in [1.82, 2.24) is 14.8 Å². The molecule has 154 valence electrons. The zero-order valence-electron chi connectivity index (χ0n) is 16.6. The molecule has 1 aromatic carbocycles. The van der Waals surface area contributed by atoms with E-state index in [1.807, 2.05) is 0 Å². The second-order valence-electron chi connectivity index (χ2n) is 6.87. The van der Waals surface area contributed by atoms with Gasteiger partial charge in [-0.2, -0.15) is 0 Å². The van der Waals surface area contributed by atoms with E-state index in [1.165, 1.54) is 17.7 Å². The Kier molecular flexibility index (Phi) is 6.54. The lowest BCUT2D eigenvalue weighted by Crippen LogP contribution is -2.47. The minimum absolute atomic E-state index is 0.0120. The van der Waals surface area contributed by atoms with Crippen molar-refractivity contribution in [3.8, 4) is 11.5 Å². The first-order valence-electron chi connectivity index (χ1n) is 9.48. The van der Waals surface area contributed by atoms with E-state index in [-0.39, 0.29) is 30.0 Å². The second-order valence-corrected chi connectivity index (χ2v) is 6.87. The number of ether oxygens (including phenoxy) is 2. The Bertz CT molecular complexity index is 932. The van der Waals surface area contributed by atoms with Crippen molar-refractivity contribution >= 4 is 11.8 Å². The van der Waals surface area contributed by atoms with Gasteiger partial charge in [0.05, 0.1) is 19.8 Å². The second kappa shape index (κ2) is 9.27. The van der Waals surface area contributed by atoms with Gasteiger partial charge in [-0.25, -0.2) is 0 Å². The first-order chi connectivity index (χ1) is 14.0. The number of amides is 2. The summed E-state index contributed by atoms with van der Waals surface area (Å²) in [7, 11) is 3.08. The van der Waals surface area contributed by atoms with Crippen LogP contribution in [0.25, 0.3) is 0 Å². The van der Waals surface area contributed by atoms with E-state index in [1.54, 1.807) is 48.5 Å². The molecule has 29 heavy (non-hydrogen) atoms. The zero-order valence-corrected chi connectivity index (χ0v) is 16.6. The van der Waals surface area contributed by atoms with E-state index in [2.05, 4.69) is 5.32 Å². The van der Waals surface area contributed by atoms with Gasteiger partial charge in [-0.3, -0.25) is 14.4 Å². The monoisotopic (exact) mass is 399 g/mol. The zero-order chi connectivity index (χ0) is 20.8. The topological polar surface area (TPSA) is 89.9 Å². The molecule has 0 unspecified atom stereocenters. The van der Waals surface area contributed by atoms with Gasteiger partial charge in [-0.05, 0) is 31.0 Å². The number of nitrogens with one attached hydrogen (secondary N) is 1. The lowest BCUT2D eigenvalue weighted by Gasteiger charge is -2.32. The summed E-state index contributed by atoms with van der Waals surface area (Å²) >= 11 is 0. The molecule has 0 saturated carbocycles. The van der Waals surface area contributed by atoms with E-state index >= 15 is 0 Å². The number of nitrogens with zero attached hydrogens (tertiary/aromatic N) is 2. The van der Waals surface area contributed by atoms with Gasteiger partial charge in [0.2, 0.25) is 5.91 Å². The Balaban J connectivity index is 1.55. The number of carbonyl (C=O) groups is 2. The Labute approximate surface area is 169 Å². The number of methoxy groups -OCH3 is 2. The minimum atomic E-state index is -0.212. The van der Waals surface area contributed by atoms with Crippen molar-refractivity contribution in [2.24, 2.45) is 0 Å². The van der Waals surface area contributed by atoms with Crippen LogP contribution in [0.5, 0.6) is 11.5 Å². The molecule has 0 aliphatic carbocycles. The largest absolute Gasteiger partial charge is 0.497 e. The predicted octanol–water partition coefficient (Wildman–Crippen LogP) is 1.29. The number of likely N-dealkylation sites (tertiary alicyclic amines) is 1. The maximum Gasteiger partial charge on any atom is 0.257 e. The third-order valence-corrected chi connectivity index (χ3v) is 5.00. The molecular weight excluding hydrogens is 374 g/mol. The Morgan fingerprint density at radius 1 is 1.10 bits per heavy atom. The first-order valence-corrected chi connectivity index (χ1v) is 9.48. The number of rotatable bonds is 6. The van der Waals surface area contributed by atoms with Crippen molar-refractivity contribution < 1.29 is 19.1 Å². The van der Waals surface area contributed by atoms with Crippen LogP contribution in [-0.2, 0) is 11.3 Å². The number of hydrogen-bond acceptors (Lipinski definition) is 5. The van der Waals surface area contributed by atoms with Gasteiger partial charge in [-0.1, -0.05) is 6.07 Å². The summed E-state index contributed by atoms with van der Waals surface area (Å²) in [4.78, 5) is 38.6. The summed E-state index contributed by atoms with van der Waals surface area (Å²) in [6.45, 7) is 1.05. The van der Waals surface area contributed by atoms with Crippen LogP contribution in [0, 0.1) is 0 Å². The maximum absolute atomic E-state index is 12.9. The molecule has 8 nitrogen and oxygen atoms in total. The number of aromatic nitrogens is 1. The van der Waals surface area contributed by atoms with E-state index in [4.69, 9.17) is 9.47 Å². The minimum Gasteiger partial charge on any atom is -0.497 e. The van der Waals surface area contributed by atoms with E-state index in [0.29, 0.717) is 43.0 Å². The van der Waals surface area contributed by atoms with Gasteiger partial charge in [0.15, 0.2) is 0 Å². The summed E-state index contributed by atoms with van der Waals surface area (Å²) in [6.07, 6.45) is 2.89. The average molecular weight is 399 g/mol. The van der Waals surface area contributed by atoms with Gasteiger partial charge >= 0.3 is 0 Å². The highest BCUT2D eigenvalue weighted by Crippen LogP contribution is 2.26. The van der Waals surface area contributed by atoms with Crippen LogP contribution in [0.15, 0.2) is 47.4 Å². The Morgan fingerprint density at radius 2 is 1.86 bits per heavy atom. The molecule has 1 aliphatic rings. The fraction of sp³-hybridized carbons (Fsp3) is 0.381. The highest BCUT2D eigenvalue weighted by atomic mass is 16.5. The van der Waals surface area contributed by atoms with E-state index in [9.17, 15) is 14.4 Å². The SMILES string of the molecule is COc1ccc(C(=O)N2CCC(NC(=O)Cn3ccccc3=O)CC2)c(OC)c1. The highest BCUT2D eigenvalue weighted by Gasteiger charge is 2.26. The third kappa shape index (κ3) is 4.96. The molecule has 1 aliphatic heterocycles. The maximum atomic E-state index is 12.9. The van der Waals surface area contributed by atoms with Crippen LogP contribution < -0.4 is 20.3 Å². The molecule has 1 aromatic heterocycles. The number of benzene rings is 1. The molecule has 2 aromatic rings. The first kappa shape index (κ1) is 20.4. The van der Waals surface area contributed by atoms with Gasteiger partial charge in [0.25, 0.3) is 11.5 Å². The van der Waals surface area contributed by atoms with Gasteiger partial charge < -0.3 is 24.3 Å². The van der Waals surface area contributed by atoms with Crippen molar-refractivity contribution in [2.45, 2.75) is 25.4 Å². The van der Waals surface area contributed by atoms with Gasteiger partial charge in [-0.15, -0.1) is 0 Å². The van der Waals surface area contributed by atoms with Crippen LogP contribution in [0.1, 0.15) is 23.2 Å². The van der Waals surface area contributed by atoms with Crippen LogP contribution in [0.4, 0.5) is 0 Å². The predicted molar refractivity (Wildman–Crippen MR) is 107 cm³/mol. The normalized spacial score (nSPS) is 14.3. The van der Waals surface area contributed by atoms with Crippen molar-refractivity contribution in [3.05, 3.63) is 58.5 Å².